The summed E-state index contributed by atoms with van der Waals surface area (Å²) < 4.78 is 5.62. The molecule has 24 heavy (non-hydrogen) atoms. The normalized spacial score (nSPS) is 26.8. The predicted octanol–water partition coefficient (Wildman–Crippen LogP) is 2.01. The molecule has 0 aromatic heterocycles. The molecule has 1 rings (SSSR count). The first-order chi connectivity index (χ1) is 11.4. The number of carboxylic acids is 1. The summed E-state index contributed by atoms with van der Waals surface area (Å²) in [6.07, 6.45) is 7.04. The number of carbonyl (C=O) groups is 1. The average Bonchev–Trinajstić information content (AvgIpc) is 2.92. The number of carboxylic acid groups (broad SMARTS) is 1. The molecule has 0 bridgehead atoms. The predicted molar refractivity (Wildman–Crippen MR) is 90.7 cm³/mol. The number of hydrogen-bond acceptors (Lipinski definition) is 5. The molecule has 0 aromatic carbocycles. The summed E-state index contributed by atoms with van der Waals surface area (Å²) in [6, 6.07) is 0. The van der Waals surface area contributed by atoms with Crippen LogP contribution in [0.3, 0.4) is 0 Å². The number of aliphatic carboxylic acids is 1. The fourth-order valence-electron chi connectivity index (χ4n) is 2.90. The van der Waals surface area contributed by atoms with Gasteiger partial charge in [-0.2, -0.15) is 0 Å². The smallest absolute Gasteiger partial charge is 0.303 e. The molecule has 140 valence electrons. The van der Waals surface area contributed by atoms with Crippen molar-refractivity contribution in [3.8, 4) is 0 Å². The van der Waals surface area contributed by atoms with E-state index in [9.17, 15) is 20.1 Å². The summed E-state index contributed by atoms with van der Waals surface area (Å²) in [7, 11) is 0. The van der Waals surface area contributed by atoms with Crippen molar-refractivity contribution in [1.82, 2.24) is 0 Å². The van der Waals surface area contributed by atoms with Crippen molar-refractivity contribution in [1.29, 1.82) is 0 Å². The third-order valence-electron chi connectivity index (χ3n) is 4.45. The lowest BCUT2D eigenvalue weighted by atomic mass is 10.0. The van der Waals surface area contributed by atoms with Crippen LogP contribution in [0.5, 0.6) is 0 Å². The Hall–Kier alpha value is -0.950. The Kier molecular flexibility index (Phi) is 10.2. The highest BCUT2D eigenvalue weighted by Gasteiger charge is 2.35. The Labute approximate surface area is 144 Å². The van der Waals surface area contributed by atoms with E-state index in [-0.39, 0.29) is 12.5 Å². The molecule has 6 nitrogen and oxygen atoms in total. The van der Waals surface area contributed by atoms with E-state index in [0.29, 0.717) is 25.7 Å². The SMILES string of the molecule is CC[C@H](O)[C@@H]1C[C@H](O)[C@H](/C=C/[C@@H](O)CCCCCCCC(=O)O)O1. The Bertz CT molecular complexity index is 384. The van der Waals surface area contributed by atoms with Crippen LogP contribution in [0.15, 0.2) is 12.2 Å². The molecule has 5 atom stereocenters. The monoisotopic (exact) mass is 344 g/mol. The minimum absolute atomic E-state index is 0.225. The first kappa shape index (κ1) is 21.1. The molecular formula is C18H32O6. The number of aliphatic hydroxyl groups excluding tert-OH is 3. The lowest BCUT2D eigenvalue weighted by molar-refractivity contribution is -0.137. The molecule has 1 aliphatic heterocycles. The lowest BCUT2D eigenvalue weighted by Crippen LogP contribution is -2.25. The van der Waals surface area contributed by atoms with Crippen molar-refractivity contribution in [3.63, 3.8) is 0 Å². The van der Waals surface area contributed by atoms with E-state index in [4.69, 9.17) is 9.84 Å². The topological polar surface area (TPSA) is 107 Å². The first-order valence-electron chi connectivity index (χ1n) is 9.03. The highest BCUT2D eigenvalue weighted by Crippen LogP contribution is 2.25. The van der Waals surface area contributed by atoms with Gasteiger partial charge in [-0.1, -0.05) is 44.8 Å². The van der Waals surface area contributed by atoms with Crippen LogP contribution in [-0.4, -0.2) is 56.9 Å². The molecule has 1 heterocycles. The van der Waals surface area contributed by atoms with Gasteiger partial charge in [-0.3, -0.25) is 4.79 Å². The Morgan fingerprint density at radius 1 is 1.21 bits per heavy atom. The molecule has 4 N–H and O–H groups in total. The number of hydrogen-bond donors (Lipinski definition) is 4. The van der Waals surface area contributed by atoms with Crippen LogP contribution < -0.4 is 0 Å². The van der Waals surface area contributed by atoms with Gasteiger partial charge >= 0.3 is 5.97 Å². The zero-order chi connectivity index (χ0) is 17.9. The number of rotatable bonds is 12. The van der Waals surface area contributed by atoms with Crippen molar-refractivity contribution < 1.29 is 30.0 Å². The van der Waals surface area contributed by atoms with Gasteiger partial charge in [-0.05, 0) is 19.3 Å². The van der Waals surface area contributed by atoms with Crippen LogP contribution >= 0.6 is 0 Å². The molecule has 6 heteroatoms. The molecule has 0 radical (unpaired) electrons. The number of aliphatic hydroxyl groups is 3. The highest BCUT2D eigenvalue weighted by atomic mass is 16.5. The number of ether oxygens (including phenoxy) is 1. The van der Waals surface area contributed by atoms with Gasteiger partial charge in [0.05, 0.1) is 24.4 Å². The third-order valence-corrected chi connectivity index (χ3v) is 4.45. The summed E-state index contributed by atoms with van der Waals surface area (Å²) in [5.74, 6) is -0.749. The molecule has 0 unspecified atom stereocenters. The minimum atomic E-state index is -0.749. The van der Waals surface area contributed by atoms with Crippen LogP contribution in [0.4, 0.5) is 0 Å². The van der Waals surface area contributed by atoms with Gasteiger partial charge in [-0.25, -0.2) is 0 Å². The quantitative estimate of drug-likeness (QED) is 0.319. The summed E-state index contributed by atoms with van der Waals surface area (Å²) in [4.78, 5) is 10.4. The van der Waals surface area contributed by atoms with Crippen LogP contribution in [0.2, 0.25) is 0 Å². The number of unbranched alkanes of at least 4 members (excludes halogenated alkanes) is 4. The fourth-order valence-corrected chi connectivity index (χ4v) is 2.90. The fraction of sp³-hybridized carbons (Fsp3) is 0.833. The summed E-state index contributed by atoms with van der Waals surface area (Å²) in [6.45, 7) is 1.87. The van der Waals surface area contributed by atoms with Crippen LogP contribution in [0.25, 0.3) is 0 Å². The van der Waals surface area contributed by atoms with E-state index in [0.717, 1.165) is 25.7 Å². The molecular weight excluding hydrogens is 312 g/mol. The molecule has 0 aromatic rings. The van der Waals surface area contributed by atoms with E-state index in [2.05, 4.69) is 0 Å². The maximum absolute atomic E-state index is 10.4. The highest BCUT2D eigenvalue weighted by molar-refractivity contribution is 5.66. The summed E-state index contributed by atoms with van der Waals surface area (Å²) >= 11 is 0. The third kappa shape index (κ3) is 8.24. The molecule has 1 saturated heterocycles. The van der Waals surface area contributed by atoms with E-state index in [1.165, 1.54) is 0 Å². The van der Waals surface area contributed by atoms with E-state index >= 15 is 0 Å². The molecule has 0 aliphatic carbocycles. The van der Waals surface area contributed by atoms with Crippen molar-refractivity contribution in [3.05, 3.63) is 12.2 Å². The molecule has 0 saturated carbocycles. The van der Waals surface area contributed by atoms with E-state index < -0.39 is 30.4 Å². The summed E-state index contributed by atoms with van der Waals surface area (Å²) in [5.41, 5.74) is 0. The largest absolute Gasteiger partial charge is 0.481 e. The first-order valence-corrected chi connectivity index (χ1v) is 9.03. The molecule has 0 spiro atoms. The van der Waals surface area contributed by atoms with Gasteiger partial charge in [0.15, 0.2) is 0 Å². The minimum Gasteiger partial charge on any atom is -0.481 e. The van der Waals surface area contributed by atoms with Crippen molar-refractivity contribution in [2.45, 2.75) is 95.2 Å². The molecule has 1 fully saturated rings. The van der Waals surface area contributed by atoms with Crippen LogP contribution in [0, 0.1) is 0 Å². The van der Waals surface area contributed by atoms with Gasteiger partial charge in [0.1, 0.15) is 6.10 Å². The Balaban J connectivity index is 2.15. The maximum atomic E-state index is 10.4. The summed E-state index contributed by atoms with van der Waals surface area (Å²) in [5, 5.41) is 38.2. The standard InChI is InChI=1S/C18H32O6/c1-2-14(20)17-12-15(21)16(24-17)11-10-13(19)8-6-4-3-5-7-9-18(22)23/h10-11,13-17,19-21H,2-9,12H2,1H3,(H,22,23)/b11-10+/t13-,14-,15-,16-,17-/m0/s1. The van der Waals surface area contributed by atoms with E-state index in [1.807, 2.05) is 6.92 Å². The van der Waals surface area contributed by atoms with Crippen LogP contribution in [-0.2, 0) is 9.53 Å². The molecule has 1 aliphatic rings. The molecule has 0 amide bonds. The Morgan fingerprint density at radius 3 is 2.54 bits per heavy atom. The zero-order valence-electron chi connectivity index (χ0n) is 14.5. The van der Waals surface area contributed by atoms with Gasteiger partial charge in [0.25, 0.3) is 0 Å². The van der Waals surface area contributed by atoms with Crippen molar-refractivity contribution in [2.75, 3.05) is 0 Å². The lowest BCUT2D eigenvalue weighted by Gasteiger charge is -2.16. The Morgan fingerprint density at radius 2 is 1.88 bits per heavy atom. The average molecular weight is 344 g/mol. The second kappa shape index (κ2) is 11.6. The van der Waals surface area contributed by atoms with E-state index in [1.54, 1.807) is 12.2 Å². The van der Waals surface area contributed by atoms with Crippen molar-refractivity contribution >= 4 is 5.97 Å². The second-order valence-corrected chi connectivity index (χ2v) is 6.57. The maximum Gasteiger partial charge on any atom is 0.303 e. The van der Waals surface area contributed by atoms with Gasteiger partial charge in [0.2, 0.25) is 0 Å². The zero-order valence-corrected chi connectivity index (χ0v) is 14.5. The van der Waals surface area contributed by atoms with Crippen LogP contribution in [0.1, 0.15) is 64.7 Å². The van der Waals surface area contributed by atoms with Gasteiger partial charge in [0, 0.05) is 12.8 Å². The van der Waals surface area contributed by atoms with Gasteiger partial charge < -0.3 is 25.2 Å². The van der Waals surface area contributed by atoms with Gasteiger partial charge in [-0.15, -0.1) is 0 Å². The second-order valence-electron chi connectivity index (χ2n) is 6.57. The van der Waals surface area contributed by atoms with Crippen molar-refractivity contribution in [2.24, 2.45) is 0 Å².